The van der Waals surface area contributed by atoms with Crippen molar-refractivity contribution in [1.82, 2.24) is 5.32 Å². The smallest absolute Gasteiger partial charge is 0.327 e. The van der Waals surface area contributed by atoms with E-state index in [-0.39, 0.29) is 11.0 Å². The van der Waals surface area contributed by atoms with Crippen LogP contribution in [0.3, 0.4) is 0 Å². The Balaban J connectivity index is 1.88. The highest BCUT2D eigenvalue weighted by molar-refractivity contribution is 8.01. The third-order valence-corrected chi connectivity index (χ3v) is 6.12. The largest absolute Gasteiger partial charge is 0.480 e. The van der Waals surface area contributed by atoms with E-state index in [0.29, 0.717) is 5.75 Å². The Hall–Kier alpha value is -1.34. The van der Waals surface area contributed by atoms with Gasteiger partial charge in [-0.1, -0.05) is 18.2 Å². The van der Waals surface area contributed by atoms with Crippen molar-refractivity contribution < 1.29 is 18.9 Å². The molecule has 1 amide bonds. The van der Waals surface area contributed by atoms with Crippen molar-refractivity contribution in [3.05, 3.63) is 29.8 Å². The molecular weight excluding hydrogens is 310 g/mol. The van der Waals surface area contributed by atoms with Crippen LogP contribution in [0.15, 0.2) is 29.2 Å². The van der Waals surface area contributed by atoms with Crippen LogP contribution in [0.4, 0.5) is 0 Å². The lowest BCUT2D eigenvalue weighted by Gasteiger charge is -2.14. The van der Waals surface area contributed by atoms with Crippen molar-refractivity contribution in [1.29, 1.82) is 0 Å². The lowest BCUT2D eigenvalue weighted by Crippen LogP contribution is -2.44. The van der Waals surface area contributed by atoms with E-state index in [4.69, 9.17) is 5.11 Å². The summed E-state index contributed by atoms with van der Waals surface area (Å²) in [5, 5.41) is 11.5. The highest BCUT2D eigenvalue weighted by atomic mass is 32.2. The number of hydrogen-bond acceptors (Lipinski definition) is 4. The average Bonchev–Trinajstić information content (AvgIpc) is 2.79. The molecule has 21 heavy (non-hydrogen) atoms. The molecule has 1 aromatic carbocycles. The van der Waals surface area contributed by atoms with E-state index < -0.39 is 28.7 Å². The number of aliphatic carboxylic acids is 1. The molecule has 1 heterocycles. The zero-order valence-corrected chi connectivity index (χ0v) is 13.2. The molecular formula is C14H17NO4S2. The van der Waals surface area contributed by atoms with Crippen molar-refractivity contribution in [2.24, 2.45) is 0 Å². The fourth-order valence-corrected chi connectivity index (χ4v) is 5.30. The summed E-state index contributed by atoms with van der Waals surface area (Å²) in [6.07, 6.45) is 0.852. The molecule has 0 aliphatic carbocycles. The Morgan fingerprint density at radius 2 is 2.19 bits per heavy atom. The summed E-state index contributed by atoms with van der Waals surface area (Å²) < 4.78 is 12.1. The molecule has 2 N–H and O–H groups in total. The summed E-state index contributed by atoms with van der Waals surface area (Å²) >= 11 is 1.69. The van der Waals surface area contributed by atoms with Gasteiger partial charge in [-0.05, 0) is 18.1 Å². The van der Waals surface area contributed by atoms with Crippen LogP contribution in [0.25, 0.3) is 0 Å². The minimum Gasteiger partial charge on any atom is -0.480 e. The van der Waals surface area contributed by atoms with Gasteiger partial charge in [0, 0.05) is 33.6 Å². The maximum Gasteiger partial charge on any atom is 0.327 e. The zero-order chi connectivity index (χ0) is 15.4. The minimum atomic E-state index is -1.28. The van der Waals surface area contributed by atoms with E-state index in [1.54, 1.807) is 11.8 Å². The summed E-state index contributed by atoms with van der Waals surface area (Å²) in [6, 6.07) is 6.97. The Morgan fingerprint density at radius 3 is 2.81 bits per heavy atom. The number of benzene rings is 1. The predicted octanol–water partition coefficient (Wildman–Crippen LogP) is 1.04. The normalized spacial score (nSPS) is 19.6. The molecule has 5 nitrogen and oxygen atoms in total. The van der Waals surface area contributed by atoms with Crippen LogP contribution in [-0.2, 0) is 26.8 Å². The number of nitrogens with one attached hydrogen (secondary N) is 1. The van der Waals surface area contributed by atoms with Gasteiger partial charge < -0.3 is 10.4 Å². The summed E-state index contributed by atoms with van der Waals surface area (Å²) in [5.41, 5.74) is 1.25. The van der Waals surface area contributed by atoms with E-state index in [0.717, 1.165) is 6.42 Å². The minimum absolute atomic E-state index is 0.0533. The van der Waals surface area contributed by atoms with Crippen molar-refractivity contribution in [3.63, 3.8) is 0 Å². The first-order valence-electron chi connectivity index (χ1n) is 6.55. The monoisotopic (exact) mass is 327 g/mol. The Kier molecular flexibility index (Phi) is 5.41. The fourth-order valence-electron chi connectivity index (χ4n) is 2.23. The number of carbonyl (C=O) groups is 2. The number of amides is 1. The SMILES string of the molecule is CC(=O)NC(CS(=O)CC1Cc2ccccc2S1)C(=O)O. The van der Waals surface area contributed by atoms with Crippen LogP contribution >= 0.6 is 11.8 Å². The Labute approximate surface area is 130 Å². The number of carboxylic acid groups (broad SMARTS) is 1. The highest BCUT2D eigenvalue weighted by Crippen LogP contribution is 2.36. The second-order valence-corrected chi connectivity index (χ2v) is 7.80. The summed E-state index contributed by atoms with van der Waals surface area (Å²) in [6.45, 7) is 1.25. The molecule has 2 rings (SSSR count). The molecule has 114 valence electrons. The Morgan fingerprint density at radius 1 is 1.48 bits per heavy atom. The topological polar surface area (TPSA) is 83.5 Å². The van der Waals surface area contributed by atoms with Gasteiger partial charge in [0.05, 0.1) is 5.75 Å². The summed E-state index contributed by atoms with van der Waals surface area (Å²) in [5.74, 6) is -1.20. The van der Waals surface area contributed by atoms with E-state index >= 15 is 0 Å². The van der Waals surface area contributed by atoms with Crippen LogP contribution < -0.4 is 5.32 Å². The second-order valence-electron chi connectivity index (χ2n) is 4.92. The number of carbonyl (C=O) groups excluding carboxylic acids is 1. The van der Waals surface area contributed by atoms with Crippen molar-refractivity contribution in [2.75, 3.05) is 11.5 Å². The van der Waals surface area contributed by atoms with E-state index in [1.807, 2.05) is 18.2 Å². The number of hydrogen-bond donors (Lipinski definition) is 2. The van der Waals surface area contributed by atoms with Gasteiger partial charge >= 0.3 is 5.97 Å². The molecule has 1 aliphatic heterocycles. The molecule has 0 spiro atoms. The van der Waals surface area contributed by atoms with Gasteiger partial charge in [0.1, 0.15) is 6.04 Å². The fraction of sp³-hybridized carbons (Fsp3) is 0.429. The molecule has 0 aromatic heterocycles. The molecule has 3 atom stereocenters. The quantitative estimate of drug-likeness (QED) is 0.816. The average molecular weight is 327 g/mol. The van der Waals surface area contributed by atoms with Gasteiger partial charge in [0.15, 0.2) is 0 Å². The van der Waals surface area contributed by atoms with Gasteiger partial charge in [-0.15, -0.1) is 11.8 Å². The molecule has 7 heteroatoms. The summed E-state index contributed by atoms with van der Waals surface area (Å²) in [4.78, 5) is 23.2. The first-order valence-corrected chi connectivity index (χ1v) is 8.92. The van der Waals surface area contributed by atoms with Gasteiger partial charge in [-0.2, -0.15) is 0 Å². The molecule has 3 unspecified atom stereocenters. The van der Waals surface area contributed by atoms with Gasteiger partial charge in [-0.3, -0.25) is 9.00 Å². The Bertz CT molecular complexity index is 551. The first-order chi connectivity index (χ1) is 9.95. The number of rotatable bonds is 6. The summed E-state index contributed by atoms with van der Waals surface area (Å²) in [7, 11) is -1.28. The predicted molar refractivity (Wildman–Crippen MR) is 82.9 cm³/mol. The highest BCUT2D eigenvalue weighted by Gasteiger charge is 2.26. The van der Waals surface area contributed by atoms with Crippen LogP contribution in [0.2, 0.25) is 0 Å². The standard InChI is InChI=1S/C14H17NO4S2/c1-9(16)15-12(14(17)18)8-21(19)7-11-6-10-4-2-3-5-13(10)20-11/h2-5,11-12H,6-8H2,1H3,(H,15,16)(H,17,18). The first kappa shape index (κ1) is 16.0. The van der Waals surface area contributed by atoms with Gasteiger partial charge in [-0.25, -0.2) is 4.79 Å². The molecule has 0 radical (unpaired) electrons. The lowest BCUT2D eigenvalue weighted by atomic mass is 10.1. The van der Waals surface area contributed by atoms with Crippen molar-refractivity contribution >= 4 is 34.4 Å². The lowest BCUT2D eigenvalue weighted by molar-refractivity contribution is -0.140. The van der Waals surface area contributed by atoms with Crippen LogP contribution in [0, 0.1) is 0 Å². The third kappa shape index (κ3) is 4.57. The van der Waals surface area contributed by atoms with Gasteiger partial charge in [0.2, 0.25) is 5.91 Å². The van der Waals surface area contributed by atoms with Crippen molar-refractivity contribution in [2.45, 2.75) is 29.5 Å². The zero-order valence-electron chi connectivity index (χ0n) is 11.6. The number of fused-ring (bicyclic) bond motifs is 1. The van der Waals surface area contributed by atoms with Crippen LogP contribution in [0.1, 0.15) is 12.5 Å². The molecule has 1 aliphatic rings. The molecule has 0 bridgehead atoms. The molecule has 1 aromatic rings. The van der Waals surface area contributed by atoms with E-state index in [1.165, 1.54) is 17.4 Å². The third-order valence-electron chi connectivity index (χ3n) is 3.11. The van der Waals surface area contributed by atoms with Crippen molar-refractivity contribution in [3.8, 4) is 0 Å². The molecule has 0 saturated heterocycles. The van der Waals surface area contributed by atoms with Crippen LogP contribution in [-0.4, -0.2) is 44.0 Å². The van der Waals surface area contributed by atoms with E-state index in [2.05, 4.69) is 11.4 Å². The second kappa shape index (κ2) is 7.09. The number of carboxylic acids is 1. The maximum atomic E-state index is 12.1. The maximum absolute atomic E-state index is 12.1. The van der Waals surface area contributed by atoms with E-state index in [9.17, 15) is 13.8 Å². The molecule has 0 fully saturated rings. The van der Waals surface area contributed by atoms with Gasteiger partial charge in [0.25, 0.3) is 0 Å². The number of thioether (sulfide) groups is 1. The van der Waals surface area contributed by atoms with Crippen LogP contribution in [0.5, 0.6) is 0 Å². The molecule has 0 saturated carbocycles.